The summed E-state index contributed by atoms with van der Waals surface area (Å²) in [7, 11) is 1.28. The first-order chi connectivity index (χ1) is 9.60. The number of nitrogens with one attached hydrogen (secondary N) is 2. The molecule has 102 valence electrons. The number of carbonyl (C=O) groups is 1. The normalized spacial score (nSPS) is 18.4. The highest BCUT2D eigenvalue weighted by molar-refractivity contribution is 5.92. The number of ether oxygens (including phenoxy) is 1. The molecule has 0 amide bonds. The van der Waals surface area contributed by atoms with Gasteiger partial charge in [0.15, 0.2) is 12.4 Å². The first kappa shape index (κ1) is 13.6. The third-order valence-electron chi connectivity index (χ3n) is 3.13. The van der Waals surface area contributed by atoms with Gasteiger partial charge in [0, 0.05) is 17.3 Å². The van der Waals surface area contributed by atoms with E-state index in [0.717, 1.165) is 0 Å². The molecule has 2 heterocycles. The average molecular weight is 272 g/mol. The third-order valence-corrected chi connectivity index (χ3v) is 3.13. The number of dihydropyridines is 1. The fourth-order valence-corrected chi connectivity index (χ4v) is 2.23. The SMILES string of the molecule is COC(=O)C1=C(C)NC(O)=C(C#N)C1c1ccc[nH+]c1. The maximum atomic E-state index is 12.0. The summed E-state index contributed by atoms with van der Waals surface area (Å²) in [5.74, 6) is -1.44. The third kappa shape index (κ3) is 2.21. The number of aliphatic hydroxyl groups is 1. The molecule has 0 bridgehead atoms. The van der Waals surface area contributed by atoms with Crippen molar-refractivity contribution in [1.82, 2.24) is 5.32 Å². The van der Waals surface area contributed by atoms with Crippen LogP contribution < -0.4 is 10.3 Å². The van der Waals surface area contributed by atoms with Crippen molar-refractivity contribution < 1.29 is 19.6 Å². The Morgan fingerprint density at radius 2 is 2.35 bits per heavy atom. The second-order valence-electron chi connectivity index (χ2n) is 4.30. The van der Waals surface area contributed by atoms with Crippen LogP contribution in [0.1, 0.15) is 18.4 Å². The van der Waals surface area contributed by atoms with E-state index in [1.807, 2.05) is 6.07 Å². The number of H-pyrrole nitrogens is 1. The molecule has 6 heteroatoms. The van der Waals surface area contributed by atoms with Crippen LogP contribution in [-0.2, 0) is 9.53 Å². The summed E-state index contributed by atoms with van der Waals surface area (Å²) in [6, 6.07) is 5.47. The fraction of sp³-hybridized carbons (Fsp3) is 0.214. The van der Waals surface area contributed by atoms with Crippen molar-refractivity contribution in [3.8, 4) is 6.07 Å². The quantitative estimate of drug-likeness (QED) is 0.781. The zero-order valence-corrected chi connectivity index (χ0v) is 11.1. The molecular weight excluding hydrogens is 258 g/mol. The lowest BCUT2D eigenvalue weighted by molar-refractivity contribution is -0.378. The summed E-state index contributed by atoms with van der Waals surface area (Å²) in [6.45, 7) is 1.65. The van der Waals surface area contributed by atoms with Crippen LogP contribution >= 0.6 is 0 Å². The Labute approximate surface area is 116 Å². The van der Waals surface area contributed by atoms with E-state index in [-0.39, 0.29) is 11.5 Å². The summed E-state index contributed by atoms with van der Waals surface area (Å²) in [5.41, 5.74) is 1.54. The molecular formula is C14H14N3O3+. The Hall–Kier alpha value is -2.81. The Kier molecular flexibility index (Phi) is 3.71. The molecule has 3 N–H and O–H groups in total. The van der Waals surface area contributed by atoms with Crippen molar-refractivity contribution in [2.45, 2.75) is 12.8 Å². The summed E-state index contributed by atoms with van der Waals surface area (Å²) in [5, 5.41) is 21.8. The van der Waals surface area contributed by atoms with Gasteiger partial charge in [0.25, 0.3) is 0 Å². The number of carbonyl (C=O) groups excluding carboxylic acids is 1. The first-order valence-corrected chi connectivity index (χ1v) is 5.95. The number of nitrogens with zero attached hydrogens (tertiary/aromatic N) is 1. The maximum absolute atomic E-state index is 12.0. The summed E-state index contributed by atoms with van der Waals surface area (Å²) >= 11 is 0. The highest BCUT2D eigenvalue weighted by atomic mass is 16.5. The molecule has 0 fully saturated rings. The predicted molar refractivity (Wildman–Crippen MR) is 68.9 cm³/mol. The molecule has 0 aromatic carbocycles. The van der Waals surface area contributed by atoms with Crippen molar-refractivity contribution in [3.63, 3.8) is 0 Å². The van der Waals surface area contributed by atoms with Crippen molar-refractivity contribution in [2.24, 2.45) is 0 Å². The highest BCUT2D eigenvalue weighted by Gasteiger charge is 2.36. The van der Waals surface area contributed by atoms with Crippen LogP contribution in [0.25, 0.3) is 0 Å². The van der Waals surface area contributed by atoms with Crippen LogP contribution in [0.2, 0.25) is 0 Å². The number of aromatic amines is 1. The smallest absolute Gasteiger partial charge is 0.336 e. The Balaban J connectivity index is 2.63. The van der Waals surface area contributed by atoms with Crippen molar-refractivity contribution in [1.29, 1.82) is 5.26 Å². The minimum absolute atomic E-state index is 0.0793. The lowest BCUT2D eigenvalue weighted by Crippen LogP contribution is -2.29. The van der Waals surface area contributed by atoms with E-state index in [1.54, 1.807) is 31.5 Å². The fourth-order valence-electron chi connectivity index (χ4n) is 2.23. The number of hydrogen-bond donors (Lipinski definition) is 2. The van der Waals surface area contributed by atoms with Crippen LogP contribution in [0.15, 0.2) is 47.3 Å². The van der Waals surface area contributed by atoms with Gasteiger partial charge in [-0.3, -0.25) is 0 Å². The number of aromatic nitrogens is 1. The van der Waals surface area contributed by atoms with Gasteiger partial charge in [0.2, 0.25) is 5.88 Å². The van der Waals surface area contributed by atoms with Gasteiger partial charge in [-0.2, -0.15) is 5.26 Å². The van der Waals surface area contributed by atoms with Gasteiger partial charge in [-0.25, -0.2) is 9.78 Å². The van der Waals surface area contributed by atoms with Crippen molar-refractivity contribution >= 4 is 5.97 Å². The Morgan fingerprint density at radius 1 is 1.60 bits per heavy atom. The second-order valence-corrected chi connectivity index (χ2v) is 4.30. The molecule has 1 aliphatic heterocycles. The van der Waals surface area contributed by atoms with Crippen molar-refractivity contribution in [3.05, 3.63) is 52.8 Å². The molecule has 0 saturated heterocycles. The molecule has 6 nitrogen and oxygen atoms in total. The van der Waals surface area contributed by atoms with Crippen molar-refractivity contribution in [2.75, 3.05) is 7.11 Å². The minimum Gasteiger partial charge on any atom is -0.494 e. The van der Waals surface area contributed by atoms with E-state index >= 15 is 0 Å². The molecule has 0 radical (unpaired) electrons. The van der Waals surface area contributed by atoms with E-state index in [1.165, 1.54) is 7.11 Å². The van der Waals surface area contributed by atoms with Gasteiger partial charge >= 0.3 is 5.97 Å². The zero-order chi connectivity index (χ0) is 14.7. The molecule has 0 aliphatic carbocycles. The standard InChI is InChI=1S/C14H13N3O3/c1-8-11(14(19)20-2)12(9-4-3-5-16-7-9)10(6-15)13(18)17-8/h3-5,7,12,17-18H,1-2H3/p+1. The molecule has 20 heavy (non-hydrogen) atoms. The van der Waals surface area contributed by atoms with Crippen LogP contribution in [0.5, 0.6) is 0 Å². The summed E-state index contributed by atoms with van der Waals surface area (Å²) in [4.78, 5) is 14.9. The predicted octanol–water partition coefficient (Wildman–Crippen LogP) is 0.928. The maximum Gasteiger partial charge on any atom is 0.336 e. The van der Waals surface area contributed by atoms with Gasteiger partial charge in [0.05, 0.1) is 18.6 Å². The van der Waals surface area contributed by atoms with E-state index in [4.69, 9.17) is 4.74 Å². The Bertz CT molecular complexity index is 641. The number of hydrogen-bond acceptors (Lipinski definition) is 5. The number of aliphatic hydroxyl groups excluding tert-OH is 1. The van der Waals surface area contributed by atoms with Gasteiger partial charge < -0.3 is 15.2 Å². The van der Waals surface area contributed by atoms with Gasteiger partial charge in [-0.15, -0.1) is 0 Å². The molecule has 1 aliphatic rings. The average Bonchev–Trinajstić information content (AvgIpc) is 2.46. The van der Waals surface area contributed by atoms with E-state index < -0.39 is 11.9 Å². The number of pyridine rings is 1. The first-order valence-electron chi connectivity index (χ1n) is 5.95. The number of nitriles is 1. The summed E-state index contributed by atoms with van der Waals surface area (Å²) < 4.78 is 4.78. The monoisotopic (exact) mass is 272 g/mol. The molecule has 1 unspecified atom stereocenters. The van der Waals surface area contributed by atoms with Crippen LogP contribution in [0, 0.1) is 11.3 Å². The molecule has 0 saturated carbocycles. The van der Waals surface area contributed by atoms with Gasteiger partial charge in [0.1, 0.15) is 11.6 Å². The summed E-state index contributed by atoms with van der Waals surface area (Å²) in [6.07, 6.45) is 3.39. The van der Waals surface area contributed by atoms with Crippen LogP contribution in [-0.4, -0.2) is 18.2 Å². The zero-order valence-electron chi connectivity index (χ0n) is 11.1. The van der Waals surface area contributed by atoms with Crippen LogP contribution in [0.3, 0.4) is 0 Å². The number of allylic oxidation sites excluding steroid dienone is 2. The second kappa shape index (κ2) is 5.45. The molecule has 0 spiro atoms. The van der Waals surface area contributed by atoms with E-state index in [0.29, 0.717) is 16.8 Å². The largest absolute Gasteiger partial charge is 0.494 e. The van der Waals surface area contributed by atoms with E-state index in [9.17, 15) is 15.2 Å². The van der Waals surface area contributed by atoms with Gasteiger partial charge in [-0.05, 0) is 13.0 Å². The number of rotatable bonds is 2. The van der Waals surface area contributed by atoms with Gasteiger partial charge in [-0.1, -0.05) is 0 Å². The number of esters is 1. The molecule has 1 aromatic rings. The highest BCUT2D eigenvalue weighted by Crippen LogP contribution is 2.36. The lowest BCUT2D eigenvalue weighted by atomic mass is 9.83. The Morgan fingerprint density at radius 3 is 2.90 bits per heavy atom. The van der Waals surface area contributed by atoms with E-state index in [2.05, 4.69) is 10.3 Å². The number of methoxy groups -OCH3 is 1. The lowest BCUT2D eigenvalue weighted by Gasteiger charge is -2.25. The minimum atomic E-state index is -0.661. The molecule has 2 rings (SSSR count). The molecule has 1 atom stereocenters. The topological polar surface area (TPSA) is 96.5 Å². The molecule has 1 aromatic heterocycles. The van der Waals surface area contributed by atoms with Crippen LogP contribution in [0.4, 0.5) is 0 Å².